The molecular weight excluding hydrogens is 322 g/mol. The van der Waals surface area contributed by atoms with Gasteiger partial charge in [0.05, 0.1) is 5.52 Å². The number of pyridine rings is 1. The zero-order valence-electron chi connectivity index (χ0n) is 8.67. The smallest absolute Gasteiger partial charge is 0.131 e. The van der Waals surface area contributed by atoms with Crippen LogP contribution in [0, 0.1) is 3.57 Å². The van der Waals surface area contributed by atoms with Crippen LogP contribution in [0.15, 0.2) is 18.5 Å². The highest BCUT2D eigenvalue weighted by molar-refractivity contribution is 14.1. The zero-order valence-corrected chi connectivity index (χ0v) is 11.6. The Balaban J connectivity index is 2.69. The van der Waals surface area contributed by atoms with E-state index in [1.54, 1.807) is 0 Å². The van der Waals surface area contributed by atoms with Gasteiger partial charge < -0.3 is 4.57 Å². The van der Waals surface area contributed by atoms with Crippen molar-refractivity contribution in [3.05, 3.63) is 27.2 Å². The first-order valence-corrected chi connectivity index (χ1v) is 6.40. The third-order valence-corrected chi connectivity index (χ3v) is 3.77. The number of rotatable bonds is 2. The maximum Gasteiger partial charge on any atom is 0.131 e. The van der Waals surface area contributed by atoms with E-state index < -0.39 is 0 Å². The van der Waals surface area contributed by atoms with Gasteiger partial charge in [0.1, 0.15) is 5.15 Å². The Labute approximate surface area is 108 Å². The average Bonchev–Trinajstić information content (AvgIpc) is 2.54. The highest BCUT2D eigenvalue weighted by Gasteiger charge is 2.11. The van der Waals surface area contributed by atoms with Gasteiger partial charge in [-0.25, -0.2) is 4.98 Å². The van der Waals surface area contributed by atoms with Gasteiger partial charge in [0, 0.05) is 27.4 Å². The van der Waals surface area contributed by atoms with Crippen molar-refractivity contribution in [3.8, 4) is 0 Å². The SMILES string of the molecule is CCC(C)n1cc(I)c2cnc(Cl)cc21. The molecule has 15 heavy (non-hydrogen) atoms. The van der Waals surface area contributed by atoms with Crippen molar-refractivity contribution in [3.63, 3.8) is 0 Å². The molecule has 0 spiro atoms. The van der Waals surface area contributed by atoms with Gasteiger partial charge in [-0.3, -0.25) is 0 Å². The molecule has 1 atom stereocenters. The summed E-state index contributed by atoms with van der Waals surface area (Å²) in [5, 5.41) is 1.74. The highest BCUT2D eigenvalue weighted by Crippen LogP contribution is 2.27. The van der Waals surface area contributed by atoms with Crippen LogP contribution < -0.4 is 0 Å². The second-order valence-electron chi connectivity index (χ2n) is 3.67. The maximum atomic E-state index is 5.92. The zero-order chi connectivity index (χ0) is 11.0. The number of halogens is 2. The number of hydrogen-bond acceptors (Lipinski definition) is 1. The topological polar surface area (TPSA) is 17.8 Å². The van der Waals surface area contributed by atoms with Gasteiger partial charge in [-0.15, -0.1) is 0 Å². The van der Waals surface area contributed by atoms with Gasteiger partial charge in [-0.05, 0) is 42.0 Å². The molecule has 4 heteroatoms. The normalized spacial score (nSPS) is 13.3. The molecule has 2 nitrogen and oxygen atoms in total. The number of aromatic nitrogens is 2. The molecule has 0 saturated heterocycles. The Morgan fingerprint density at radius 3 is 3.00 bits per heavy atom. The van der Waals surface area contributed by atoms with E-state index >= 15 is 0 Å². The van der Waals surface area contributed by atoms with Crippen molar-refractivity contribution < 1.29 is 0 Å². The monoisotopic (exact) mass is 334 g/mol. The molecule has 0 N–H and O–H groups in total. The number of hydrogen-bond donors (Lipinski definition) is 0. The van der Waals surface area contributed by atoms with Gasteiger partial charge in [0.25, 0.3) is 0 Å². The van der Waals surface area contributed by atoms with Crippen LogP contribution in [0.1, 0.15) is 26.3 Å². The predicted octanol–water partition coefficient (Wildman–Crippen LogP) is 4.27. The molecule has 2 aromatic heterocycles. The summed E-state index contributed by atoms with van der Waals surface area (Å²) in [6, 6.07) is 2.43. The average molecular weight is 335 g/mol. The summed E-state index contributed by atoms with van der Waals surface area (Å²) >= 11 is 8.26. The molecule has 0 amide bonds. The van der Waals surface area contributed by atoms with E-state index in [-0.39, 0.29) is 0 Å². The van der Waals surface area contributed by atoms with Crippen LogP contribution in [-0.4, -0.2) is 9.55 Å². The summed E-state index contributed by atoms with van der Waals surface area (Å²) < 4.78 is 3.50. The van der Waals surface area contributed by atoms with Crippen LogP contribution in [0.5, 0.6) is 0 Å². The summed E-state index contributed by atoms with van der Waals surface area (Å²) in [6.45, 7) is 4.40. The molecule has 2 rings (SSSR count). The molecule has 0 bridgehead atoms. The molecule has 2 aromatic rings. The quantitative estimate of drug-likeness (QED) is 0.592. The fourth-order valence-corrected chi connectivity index (χ4v) is 2.51. The van der Waals surface area contributed by atoms with E-state index in [1.807, 2.05) is 12.3 Å². The standard InChI is InChI=1S/C11H12ClIN2/c1-3-7(2)15-6-9(13)8-5-14-11(12)4-10(8)15/h4-7H,3H2,1-2H3. The molecule has 2 heterocycles. The van der Waals surface area contributed by atoms with Crippen LogP contribution in [0.25, 0.3) is 10.9 Å². The fourth-order valence-electron chi connectivity index (χ4n) is 1.64. The molecule has 1 unspecified atom stereocenters. The Bertz CT molecular complexity index is 493. The molecule has 0 fully saturated rings. The maximum absolute atomic E-state index is 5.92. The first-order chi connectivity index (χ1) is 7.13. The van der Waals surface area contributed by atoms with Crippen molar-refractivity contribution in [1.29, 1.82) is 0 Å². The second-order valence-corrected chi connectivity index (χ2v) is 5.22. The molecule has 0 saturated carbocycles. The predicted molar refractivity (Wildman–Crippen MR) is 72.5 cm³/mol. The van der Waals surface area contributed by atoms with Gasteiger partial charge in [-0.1, -0.05) is 18.5 Å². The van der Waals surface area contributed by atoms with Crippen molar-refractivity contribution in [2.45, 2.75) is 26.3 Å². The van der Waals surface area contributed by atoms with Gasteiger partial charge in [0.15, 0.2) is 0 Å². The minimum absolute atomic E-state index is 0.495. The lowest BCUT2D eigenvalue weighted by molar-refractivity contribution is 0.547. The van der Waals surface area contributed by atoms with Crippen molar-refractivity contribution in [1.82, 2.24) is 9.55 Å². The lowest BCUT2D eigenvalue weighted by Crippen LogP contribution is -2.01. The summed E-state index contributed by atoms with van der Waals surface area (Å²) in [6.07, 6.45) is 5.12. The molecule has 0 aliphatic heterocycles. The van der Waals surface area contributed by atoms with Gasteiger partial charge in [0.2, 0.25) is 0 Å². The summed E-state index contributed by atoms with van der Waals surface area (Å²) in [5.41, 5.74) is 1.17. The number of fused-ring (bicyclic) bond motifs is 1. The Morgan fingerprint density at radius 1 is 1.60 bits per heavy atom. The molecule has 0 radical (unpaired) electrons. The minimum Gasteiger partial charge on any atom is -0.343 e. The highest BCUT2D eigenvalue weighted by atomic mass is 127. The van der Waals surface area contributed by atoms with Gasteiger partial charge in [-0.2, -0.15) is 0 Å². The third-order valence-electron chi connectivity index (χ3n) is 2.70. The van der Waals surface area contributed by atoms with Crippen LogP contribution in [-0.2, 0) is 0 Å². The Hall–Kier alpha value is -0.290. The van der Waals surface area contributed by atoms with E-state index in [2.05, 4.69) is 52.2 Å². The van der Waals surface area contributed by atoms with E-state index in [1.165, 1.54) is 14.5 Å². The van der Waals surface area contributed by atoms with E-state index in [4.69, 9.17) is 11.6 Å². The van der Waals surface area contributed by atoms with Crippen LogP contribution in [0.3, 0.4) is 0 Å². The van der Waals surface area contributed by atoms with Crippen LogP contribution in [0.4, 0.5) is 0 Å². The van der Waals surface area contributed by atoms with Crippen molar-refractivity contribution in [2.75, 3.05) is 0 Å². The third kappa shape index (κ3) is 1.99. The fraction of sp³-hybridized carbons (Fsp3) is 0.364. The largest absolute Gasteiger partial charge is 0.343 e. The summed E-state index contributed by atoms with van der Waals surface area (Å²) in [4.78, 5) is 4.11. The summed E-state index contributed by atoms with van der Waals surface area (Å²) in [7, 11) is 0. The lowest BCUT2D eigenvalue weighted by Gasteiger charge is -2.12. The molecule has 0 aliphatic carbocycles. The van der Waals surface area contributed by atoms with Crippen LogP contribution >= 0.6 is 34.2 Å². The molecular formula is C11H12ClIN2. The number of nitrogens with zero attached hydrogens (tertiary/aromatic N) is 2. The molecule has 0 aliphatic rings. The van der Waals surface area contributed by atoms with Crippen molar-refractivity contribution >= 4 is 45.1 Å². The van der Waals surface area contributed by atoms with Crippen molar-refractivity contribution in [2.24, 2.45) is 0 Å². The van der Waals surface area contributed by atoms with Gasteiger partial charge >= 0.3 is 0 Å². The van der Waals surface area contributed by atoms with E-state index in [0.717, 1.165) is 6.42 Å². The minimum atomic E-state index is 0.495. The second kappa shape index (κ2) is 4.29. The van der Waals surface area contributed by atoms with E-state index in [0.29, 0.717) is 11.2 Å². The first-order valence-electron chi connectivity index (χ1n) is 4.95. The summed E-state index contributed by atoms with van der Waals surface area (Å²) in [5.74, 6) is 0. The van der Waals surface area contributed by atoms with E-state index in [9.17, 15) is 0 Å². The van der Waals surface area contributed by atoms with Crippen LogP contribution in [0.2, 0.25) is 5.15 Å². The Morgan fingerprint density at radius 2 is 2.33 bits per heavy atom. The first kappa shape index (κ1) is 11.2. The Kier molecular flexibility index (Phi) is 3.21. The molecule has 0 aromatic carbocycles. The molecule has 80 valence electrons. The lowest BCUT2D eigenvalue weighted by atomic mass is 10.2.